The van der Waals surface area contributed by atoms with Crippen LogP contribution in [0.1, 0.15) is 0 Å². The van der Waals surface area contributed by atoms with Crippen molar-refractivity contribution >= 4 is 196 Å². The van der Waals surface area contributed by atoms with Crippen LogP contribution in [0.3, 0.4) is 0 Å². The molecule has 0 amide bonds. The zero-order chi connectivity index (χ0) is 85.9. The molecule has 0 bridgehead atoms. The van der Waals surface area contributed by atoms with Gasteiger partial charge in [-0.15, -0.1) is 11.3 Å². The quantitative estimate of drug-likeness (QED) is 0.146. The summed E-state index contributed by atoms with van der Waals surface area (Å²) < 4.78 is 18.6. The van der Waals surface area contributed by atoms with Crippen molar-refractivity contribution in [2.75, 3.05) is 0 Å². The molecule has 15 heteroatoms. The third-order valence-corrected chi connectivity index (χ3v) is 39.3. The Labute approximate surface area is 749 Å². The number of aromatic nitrogens is 10. The maximum atomic E-state index is 6.32. The van der Waals surface area contributed by atoms with Crippen molar-refractivity contribution in [3.05, 3.63) is 376 Å². The summed E-state index contributed by atoms with van der Waals surface area (Å²) in [4.78, 5) is 32.3. The average Bonchev–Trinajstić information content (AvgIpc) is 1.54. The van der Waals surface area contributed by atoms with Crippen LogP contribution in [0.2, 0.25) is 39.3 Å². The summed E-state index contributed by atoms with van der Waals surface area (Å²) in [6.45, 7) is 14.7. The minimum absolute atomic E-state index is 0.752. The highest BCUT2D eigenvalue weighted by molar-refractivity contribution is 7.26. The van der Waals surface area contributed by atoms with E-state index >= 15 is 0 Å². The molecule has 3 aliphatic heterocycles. The largest absolute Gasteiger partial charge is 0.456 e. The van der Waals surface area contributed by atoms with Crippen LogP contribution in [0, 0.1) is 0 Å². The molecular formula is C114H80N10OSSi3. The third kappa shape index (κ3) is 11.0. The fraction of sp³-hybridized carbons (Fsp3) is 0.0526. The Morgan fingerprint density at radius 3 is 0.961 bits per heavy atom. The van der Waals surface area contributed by atoms with Crippen molar-refractivity contribution in [1.29, 1.82) is 0 Å². The highest BCUT2D eigenvalue weighted by atomic mass is 32.1. The lowest BCUT2D eigenvalue weighted by molar-refractivity contribution is 0.669. The first-order chi connectivity index (χ1) is 63.3. The van der Waals surface area contributed by atoms with E-state index in [0.717, 1.165) is 118 Å². The van der Waals surface area contributed by atoms with Gasteiger partial charge in [-0.05, 0) is 117 Å². The van der Waals surface area contributed by atoms with Gasteiger partial charge in [0.25, 0.3) is 0 Å². The maximum absolute atomic E-state index is 6.32. The second-order valence-electron chi connectivity index (χ2n) is 35.9. The molecule has 25 aromatic rings. The fourth-order valence-corrected chi connectivity index (χ4v) is 32.6. The van der Waals surface area contributed by atoms with Crippen molar-refractivity contribution in [3.63, 3.8) is 0 Å². The molecule has 0 N–H and O–H groups in total. The van der Waals surface area contributed by atoms with E-state index in [2.05, 4.69) is 409 Å². The Hall–Kier alpha value is -15.4. The zero-order valence-electron chi connectivity index (χ0n) is 71.6. The number of thiophene rings is 1. The van der Waals surface area contributed by atoms with Crippen molar-refractivity contribution in [1.82, 2.24) is 48.2 Å². The summed E-state index contributed by atoms with van der Waals surface area (Å²) in [5.74, 6) is 5.29. The van der Waals surface area contributed by atoms with Gasteiger partial charge in [0.1, 0.15) is 52.8 Å². The first-order valence-electron chi connectivity index (χ1n) is 44.3. The number of hydrogen-bond acceptors (Lipinski definition) is 8. The van der Waals surface area contributed by atoms with Gasteiger partial charge in [0.15, 0.2) is 17.5 Å². The molecule has 0 aliphatic carbocycles. The Balaban J connectivity index is 0.000000102. The van der Waals surface area contributed by atoms with Gasteiger partial charge in [0.2, 0.25) is 0 Å². The first-order valence-corrected chi connectivity index (χ1v) is 54.1. The van der Waals surface area contributed by atoms with Gasteiger partial charge in [0.05, 0.1) is 61.2 Å². The molecule has 0 atom stereocenters. The number of fused-ring (bicyclic) bond motifs is 30. The van der Waals surface area contributed by atoms with E-state index in [0.29, 0.717) is 0 Å². The van der Waals surface area contributed by atoms with Crippen LogP contribution in [0.4, 0.5) is 0 Å². The van der Waals surface area contributed by atoms with E-state index in [1.165, 1.54) is 133 Å². The summed E-state index contributed by atoms with van der Waals surface area (Å²) in [7, 11) is -6.41. The molecule has 9 aromatic heterocycles. The molecule has 0 saturated carbocycles. The lowest BCUT2D eigenvalue weighted by Crippen LogP contribution is -2.51. The second-order valence-corrected chi connectivity index (χ2v) is 49.8. The summed E-state index contributed by atoms with van der Waals surface area (Å²) in [5, 5.41) is 23.1. The van der Waals surface area contributed by atoms with Gasteiger partial charge >= 0.3 is 0 Å². The third-order valence-electron chi connectivity index (χ3n) is 27.7. The Morgan fingerprint density at radius 2 is 0.535 bits per heavy atom. The standard InChI is InChI=1S/C42H30N4Si.C36H25N3OSi.C36H25N3SSi/c1-47(2)36-24-14-11-21-31(36)39-40(47)42(44-41(43-39)27-15-5-3-6-16-27)46-33-23-13-10-20-30(33)38-35(46)26-25-34-37(38)29-19-9-12-22-32(29)45(34)28-17-7-4-8-18-28;2*1-41(2)30-19-11-8-16-25(30)33-34(41)36(38-35(37-33)22-12-4-3-5-13-22)39-26-17-9-6-14-23(26)31-27(39)20-21-29-32(31)24-15-7-10-18-28(24)40-29/h3-26H,1-2H3;2*3-21H,1-2H3. The smallest absolute Gasteiger partial charge is 0.162 e. The summed E-state index contributed by atoms with van der Waals surface area (Å²) in [6, 6.07) is 134. The number of hydrogen-bond donors (Lipinski definition) is 0. The molecule has 16 aromatic carbocycles. The summed E-state index contributed by atoms with van der Waals surface area (Å²) in [6.07, 6.45) is 0. The SMILES string of the molecule is C[Si]1(C)c2ccccc2-c2nc(-c3ccccc3)nc(-n3c4ccccc4c4c5c(ccc43)oc3ccccc35)c21.C[Si]1(C)c2ccccc2-c2nc(-c3ccccc3)nc(-n3c4ccccc4c4c5c(ccc43)sc3ccccc35)c21.C[Si]1(C)c2ccccc2-c2nc(-c3ccccc3)nc(-n3c4ccccc4c4c5c6ccccc6n(-c6ccccc6)c5ccc43)c21. The van der Waals surface area contributed by atoms with Crippen LogP contribution in [0.5, 0.6) is 0 Å². The molecule has 11 nitrogen and oxygen atoms in total. The minimum atomic E-state index is -2.17. The lowest BCUT2D eigenvalue weighted by atomic mass is 10.1. The van der Waals surface area contributed by atoms with E-state index in [-0.39, 0.29) is 0 Å². The average molecular weight is 1720 g/mol. The molecule has 0 fully saturated rings. The van der Waals surface area contributed by atoms with Crippen molar-refractivity contribution in [2.24, 2.45) is 0 Å². The molecule has 28 rings (SSSR count). The molecule has 610 valence electrons. The highest BCUT2D eigenvalue weighted by Gasteiger charge is 2.46. The van der Waals surface area contributed by atoms with E-state index in [1.54, 1.807) is 0 Å². The molecule has 12 heterocycles. The Bertz CT molecular complexity index is 8720. The predicted octanol–water partition coefficient (Wildman–Crippen LogP) is 25.5. The molecule has 3 aliphatic rings. The predicted molar refractivity (Wildman–Crippen MR) is 546 cm³/mol. The number of furan rings is 1. The number of para-hydroxylation sites is 6. The monoisotopic (exact) mass is 1720 g/mol. The van der Waals surface area contributed by atoms with E-state index in [4.69, 9.17) is 34.3 Å². The van der Waals surface area contributed by atoms with E-state index in [9.17, 15) is 0 Å². The van der Waals surface area contributed by atoms with Crippen LogP contribution in [0.25, 0.3) is 220 Å². The number of nitrogens with zero attached hydrogens (tertiary/aromatic N) is 10. The minimum Gasteiger partial charge on any atom is -0.456 e. The van der Waals surface area contributed by atoms with Gasteiger partial charge in [0, 0.05) is 112 Å². The first kappa shape index (κ1) is 75.0. The topological polar surface area (TPSA) is 110 Å². The highest BCUT2D eigenvalue weighted by Crippen LogP contribution is 2.49. The van der Waals surface area contributed by atoms with Crippen LogP contribution < -0.4 is 31.1 Å². The zero-order valence-corrected chi connectivity index (χ0v) is 75.4. The van der Waals surface area contributed by atoms with Gasteiger partial charge < -0.3 is 8.98 Å². The maximum Gasteiger partial charge on any atom is 0.162 e. The second kappa shape index (κ2) is 28.3. The Kier molecular flexibility index (Phi) is 16.5. The summed E-state index contributed by atoms with van der Waals surface area (Å²) in [5.41, 5.74) is 22.4. The summed E-state index contributed by atoms with van der Waals surface area (Å²) >= 11 is 1.87. The van der Waals surface area contributed by atoms with Gasteiger partial charge in [-0.3, -0.25) is 13.7 Å². The normalized spacial score (nSPS) is 13.7. The van der Waals surface area contributed by atoms with E-state index in [1.807, 2.05) is 35.6 Å². The van der Waals surface area contributed by atoms with Crippen LogP contribution in [-0.4, -0.2) is 72.4 Å². The van der Waals surface area contributed by atoms with Crippen LogP contribution >= 0.6 is 11.3 Å². The van der Waals surface area contributed by atoms with Crippen molar-refractivity contribution in [3.8, 4) is 91.1 Å². The molecule has 0 unspecified atom stereocenters. The molecule has 0 saturated heterocycles. The Morgan fingerprint density at radius 1 is 0.225 bits per heavy atom. The van der Waals surface area contributed by atoms with Crippen molar-refractivity contribution in [2.45, 2.75) is 39.3 Å². The van der Waals surface area contributed by atoms with Gasteiger partial charge in [-0.1, -0.05) is 330 Å². The van der Waals surface area contributed by atoms with Crippen LogP contribution in [0.15, 0.2) is 381 Å². The van der Waals surface area contributed by atoms with Gasteiger partial charge in [-0.25, -0.2) is 29.9 Å². The molecule has 129 heavy (non-hydrogen) atoms. The lowest BCUT2D eigenvalue weighted by Gasteiger charge is -2.22. The van der Waals surface area contributed by atoms with Crippen molar-refractivity contribution < 1.29 is 4.42 Å². The van der Waals surface area contributed by atoms with E-state index < -0.39 is 24.2 Å². The number of rotatable bonds is 7. The number of benzene rings is 16. The van der Waals surface area contributed by atoms with Gasteiger partial charge in [-0.2, -0.15) is 0 Å². The fourth-order valence-electron chi connectivity index (χ4n) is 22.0. The molecule has 0 radical (unpaired) electrons. The van der Waals surface area contributed by atoms with Crippen LogP contribution in [-0.2, 0) is 0 Å². The molecular weight excluding hydrogens is 1640 g/mol. The molecule has 0 spiro atoms.